The Labute approximate surface area is 210 Å². The molecule has 2 atom stereocenters. The average molecular weight is 482 g/mol. The number of fused-ring (bicyclic) bond motifs is 1. The lowest BCUT2D eigenvalue weighted by molar-refractivity contribution is -0.00984. The number of nitrogens with zero attached hydrogens (tertiary/aromatic N) is 3. The molecule has 1 aliphatic heterocycles. The van der Waals surface area contributed by atoms with Gasteiger partial charge >= 0.3 is 12.1 Å². The summed E-state index contributed by atoms with van der Waals surface area (Å²) in [7, 11) is 0. The van der Waals surface area contributed by atoms with Gasteiger partial charge in [0.25, 0.3) is 0 Å². The summed E-state index contributed by atoms with van der Waals surface area (Å²) in [5.41, 5.74) is 3.80. The minimum absolute atomic E-state index is 0.0243. The van der Waals surface area contributed by atoms with E-state index in [2.05, 4.69) is 35.5 Å². The zero-order valence-electron chi connectivity index (χ0n) is 22.1. The van der Waals surface area contributed by atoms with Gasteiger partial charge < -0.3 is 20.4 Å². The van der Waals surface area contributed by atoms with Crippen molar-refractivity contribution in [1.82, 2.24) is 20.0 Å². The van der Waals surface area contributed by atoms with E-state index in [4.69, 9.17) is 0 Å². The summed E-state index contributed by atoms with van der Waals surface area (Å²) in [6.45, 7) is 16.1. The van der Waals surface area contributed by atoms with E-state index < -0.39 is 0 Å². The van der Waals surface area contributed by atoms with Crippen molar-refractivity contribution in [3.8, 4) is 0 Å². The van der Waals surface area contributed by atoms with Crippen LogP contribution in [-0.2, 0) is 0 Å². The molecule has 1 heterocycles. The Kier molecular flexibility index (Phi) is 7.74. The van der Waals surface area contributed by atoms with Gasteiger partial charge in [-0.1, -0.05) is 43.2 Å². The van der Waals surface area contributed by atoms with E-state index in [-0.39, 0.29) is 18.1 Å². The number of allylic oxidation sites excluding steroid dienone is 1. The maximum atomic E-state index is 13.0. The van der Waals surface area contributed by atoms with Gasteiger partial charge in [0.15, 0.2) is 0 Å². The Bertz CT molecular complexity index is 931. The number of anilines is 1. The molecule has 0 radical (unpaired) electrons. The van der Waals surface area contributed by atoms with E-state index in [1.807, 2.05) is 54.8 Å². The number of rotatable bonds is 7. The number of piperazine rings is 1. The second-order valence-corrected chi connectivity index (χ2v) is 11.5. The molecular weight excluding hydrogens is 438 g/mol. The third-order valence-corrected chi connectivity index (χ3v) is 8.30. The number of carbonyl (C=O) groups excluding carboxylic acids is 2. The van der Waals surface area contributed by atoms with Crippen LogP contribution >= 0.6 is 0 Å². The zero-order valence-corrected chi connectivity index (χ0v) is 22.1. The van der Waals surface area contributed by atoms with E-state index in [1.54, 1.807) is 0 Å². The van der Waals surface area contributed by atoms with Gasteiger partial charge in [0, 0.05) is 57.5 Å². The summed E-state index contributed by atoms with van der Waals surface area (Å²) in [5, 5.41) is 6.10. The van der Waals surface area contributed by atoms with Crippen molar-refractivity contribution in [1.29, 1.82) is 0 Å². The topological polar surface area (TPSA) is 67.9 Å². The summed E-state index contributed by atoms with van der Waals surface area (Å²) in [6, 6.07) is 7.98. The molecule has 1 aromatic carbocycles. The summed E-state index contributed by atoms with van der Waals surface area (Å²) < 4.78 is 0. The van der Waals surface area contributed by atoms with Crippen LogP contribution in [-0.4, -0.2) is 78.6 Å². The SMILES string of the molecule is Cc1ccc(NC(=O)N2CCN(CCN(CC3=CCC4CC3C4(C)C)C(=O)NC(C)C)CC2)cc1. The standard InChI is InChI=1S/C28H43N5O2/c1-20(2)29-26(34)33(19-22-8-9-23-18-25(22)28(23,4)5)17-14-31-12-15-32(16-13-31)27(35)30-24-10-6-21(3)7-11-24/h6-8,10-11,20,23,25H,9,12-19H2,1-5H3,(H,29,34)(H,30,35). The molecule has 0 aromatic heterocycles. The summed E-state index contributed by atoms with van der Waals surface area (Å²) >= 11 is 0. The summed E-state index contributed by atoms with van der Waals surface area (Å²) in [5.74, 6) is 1.40. The summed E-state index contributed by atoms with van der Waals surface area (Å²) in [6.07, 6.45) is 4.81. The fourth-order valence-corrected chi connectivity index (χ4v) is 5.74. The molecule has 3 aliphatic carbocycles. The highest BCUT2D eigenvalue weighted by atomic mass is 16.2. The Morgan fingerprint density at radius 2 is 1.80 bits per heavy atom. The second-order valence-electron chi connectivity index (χ2n) is 11.5. The zero-order chi connectivity index (χ0) is 25.2. The number of amides is 4. The first-order valence-electron chi connectivity index (χ1n) is 13.2. The van der Waals surface area contributed by atoms with Crippen LogP contribution in [0.1, 0.15) is 46.1 Å². The van der Waals surface area contributed by atoms with Crippen molar-refractivity contribution in [2.24, 2.45) is 17.3 Å². The fourth-order valence-electron chi connectivity index (χ4n) is 5.74. The predicted molar refractivity (Wildman–Crippen MR) is 142 cm³/mol. The van der Waals surface area contributed by atoms with Crippen LogP contribution in [0.15, 0.2) is 35.9 Å². The van der Waals surface area contributed by atoms with Crippen LogP contribution < -0.4 is 10.6 Å². The highest BCUT2D eigenvalue weighted by Crippen LogP contribution is 2.59. The molecule has 35 heavy (non-hydrogen) atoms. The molecule has 2 fully saturated rings. The van der Waals surface area contributed by atoms with Crippen LogP contribution in [0.5, 0.6) is 0 Å². The van der Waals surface area contributed by atoms with E-state index in [0.717, 1.165) is 44.2 Å². The Balaban J connectivity index is 1.28. The van der Waals surface area contributed by atoms with E-state index in [9.17, 15) is 9.59 Å². The predicted octanol–water partition coefficient (Wildman–Crippen LogP) is 4.56. The van der Waals surface area contributed by atoms with Crippen molar-refractivity contribution in [3.63, 3.8) is 0 Å². The van der Waals surface area contributed by atoms with Gasteiger partial charge in [-0.25, -0.2) is 9.59 Å². The number of hydrogen-bond donors (Lipinski definition) is 2. The van der Waals surface area contributed by atoms with Crippen molar-refractivity contribution in [2.45, 2.75) is 53.5 Å². The minimum Gasteiger partial charge on any atom is -0.336 e. The third kappa shape index (κ3) is 6.00. The molecule has 7 heteroatoms. The van der Waals surface area contributed by atoms with Crippen LogP contribution in [0.2, 0.25) is 0 Å². The van der Waals surface area contributed by atoms with Gasteiger partial charge in [0.2, 0.25) is 0 Å². The molecule has 2 unspecified atom stereocenters. The first-order chi connectivity index (χ1) is 16.6. The lowest BCUT2D eigenvalue weighted by Gasteiger charge is -2.57. The van der Waals surface area contributed by atoms with Gasteiger partial charge in [0.05, 0.1) is 0 Å². The van der Waals surface area contributed by atoms with Crippen LogP contribution in [0.3, 0.4) is 0 Å². The van der Waals surface area contributed by atoms with Gasteiger partial charge in [-0.3, -0.25) is 4.90 Å². The second kappa shape index (κ2) is 10.6. The Morgan fingerprint density at radius 3 is 2.40 bits per heavy atom. The first-order valence-corrected chi connectivity index (χ1v) is 13.2. The van der Waals surface area contributed by atoms with E-state index >= 15 is 0 Å². The fraction of sp³-hybridized carbons (Fsp3) is 0.643. The number of aryl methyl sites for hydroxylation is 1. The smallest absolute Gasteiger partial charge is 0.321 e. The number of urea groups is 2. The third-order valence-electron chi connectivity index (χ3n) is 8.30. The number of hydrogen-bond acceptors (Lipinski definition) is 3. The van der Waals surface area contributed by atoms with Crippen molar-refractivity contribution < 1.29 is 9.59 Å². The summed E-state index contributed by atoms with van der Waals surface area (Å²) in [4.78, 5) is 31.9. The maximum Gasteiger partial charge on any atom is 0.321 e. The first kappa shape index (κ1) is 25.5. The number of benzene rings is 1. The van der Waals surface area contributed by atoms with Gasteiger partial charge in [-0.15, -0.1) is 0 Å². The highest BCUT2D eigenvalue weighted by molar-refractivity contribution is 5.89. The average Bonchev–Trinajstić information content (AvgIpc) is 2.83. The van der Waals surface area contributed by atoms with Gasteiger partial charge in [-0.05, 0) is 63.0 Å². The lowest BCUT2D eigenvalue weighted by Crippen LogP contribution is -2.54. The van der Waals surface area contributed by atoms with Crippen molar-refractivity contribution in [3.05, 3.63) is 41.5 Å². The molecule has 0 spiro atoms. The molecule has 7 nitrogen and oxygen atoms in total. The molecule has 1 saturated carbocycles. The number of nitrogens with one attached hydrogen (secondary N) is 2. The van der Waals surface area contributed by atoms with Crippen molar-refractivity contribution >= 4 is 17.7 Å². The molecule has 2 N–H and O–H groups in total. The van der Waals surface area contributed by atoms with Crippen molar-refractivity contribution in [2.75, 3.05) is 51.1 Å². The van der Waals surface area contributed by atoms with Crippen LogP contribution in [0.25, 0.3) is 0 Å². The Hall–Kier alpha value is -2.54. The number of carbonyl (C=O) groups is 2. The molecule has 1 saturated heterocycles. The molecular formula is C28H43N5O2. The molecule has 5 rings (SSSR count). The molecule has 1 aromatic rings. The molecule has 4 amide bonds. The minimum atomic E-state index is -0.0444. The van der Waals surface area contributed by atoms with Gasteiger partial charge in [0.1, 0.15) is 0 Å². The van der Waals surface area contributed by atoms with E-state index in [1.165, 1.54) is 17.6 Å². The lowest BCUT2D eigenvalue weighted by atomic mass is 9.49. The Morgan fingerprint density at radius 1 is 1.11 bits per heavy atom. The van der Waals surface area contributed by atoms with E-state index in [0.29, 0.717) is 31.0 Å². The van der Waals surface area contributed by atoms with Crippen LogP contribution in [0, 0.1) is 24.2 Å². The largest absolute Gasteiger partial charge is 0.336 e. The molecule has 2 bridgehead atoms. The molecule has 192 valence electrons. The monoisotopic (exact) mass is 481 g/mol. The van der Waals surface area contributed by atoms with Gasteiger partial charge in [-0.2, -0.15) is 0 Å². The normalized spacial score (nSPS) is 23.4. The highest BCUT2D eigenvalue weighted by Gasteiger charge is 2.51. The molecule has 4 aliphatic rings. The van der Waals surface area contributed by atoms with Crippen LogP contribution in [0.4, 0.5) is 15.3 Å². The quantitative estimate of drug-likeness (QED) is 0.561. The maximum absolute atomic E-state index is 13.0.